The molecule has 0 aliphatic rings. The van der Waals surface area contributed by atoms with Crippen LogP contribution in [0.2, 0.25) is 0 Å². The summed E-state index contributed by atoms with van der Waals surface area (Å²) < 4.78 is 0.854. The summed E-state index contributed by atoms with van der Waals surface area (Å²) in [6.45, 7) is 4.13. The van der Waals surface area contributed by atoms with Crippen molar-refractivity contribution in [3.8, 4) is 10.4 Å². The highest BCUT2D eigenvalue weighted by Gasteiger charge is 2.18. The van der Waals surface area contributed by atoms with Crippen molar-refractivity contribution in [3.63, 3.8) is 0 Å². The first-order valence-corrected chi connectivity index (χ1v) is 13.1. The number of carboxylic acids is 1. The molecule has 0 amide bonds. The molecular formula is C29H24N2O3S2. The van der Waals surface area contributed by atoms with Gasteiger partial charge in [0.1, 0.15) is 0 Å². The van der Waals surface area contributed by atoms with Crippen molar-refractivity contribution in [2.75, 3.05) is 10.4 Å². The number of carbonyl (C=O) groups excluding carboxylic acids is 1. The van der Waals surface area contributed by atoms with Crippen molar-refractivity contribution in [1.82, 2.24) is 0 Å². The van der Waals surface area contributed by atoms with Crippen LogP contribution in [0.3, 0.4) is 0 Å². The molecule has 0 bridgehead atoms. The molecule has 2 heterocycles. The summed E-state index contributed by atoms with van der Waals surface area (Å²) in [5, 5.41) is 12.2. The van der Waals surface area contributed by atoms with E-state index in [0.717, 1.165) is 48.8 Å². The van der Waals surface area contributed by atoms with Crippen LogP contribution >= 0.6 is 22.7 Å². The monoisotopic (exact) mass is 512 g/mol. The van der Waals surface area contributed by atoms with Crippen molar-refractivity contribution < 1.29 is 14.7 Å². The topological polar surface area (TPSA) is 69.6 Å². The minimum Gasteiger partial charge on any atom is -0.481 e. The largest absolute Gasteiger partial charge is 0.481 e. The zero-order chi connectivity index (χ0) is 25.2. The zero-order valence-electron chi connectivity index (χ0n) is 19.8. The number of hydrazine groups is 1. The van der Waals surface area contributed by atoms with E-state index in [1.165, 1.54) is 33.8 Å². The van der Waals surface area contributed by atoms with Gasteiger partial charge in [0.15, 0.2) is 6.29 Å². The number of hydrogen-bond acceptors (Lipinski definition) is 6. The van der Waals surface area contributed by atoms with Gasteiger partial charge in [0, 0.05) is 15.1 Å². The van der Waals surface area contributed by atoms with Gasteiger partial charge in [-0.3, -0.25) is 20.0 Å². The predicted octanol–water partition coefficient (Wildman–Crippen LogP) is 7.85. The number of fused-ring (bicyclic) bond motifs is 1. The number of hydrogen-bond donors (Lipinski definition) is 2. The Balaban J connectivity index is 1.51. The van der Waals surface area contributed by atoms with E-state index >= 15 is 0 Å². The minimum atomic E-state index is -0.876. The Bertz CT molecular complexity index is 1530. The van der Waals surface area contributed by atoms with Crippen LogP contribution in [0.5, 0.6) is 0 Å². The molecule has 0 aliphatic carbocycles. The second-order valence-corrected chi connectivity index (χ2v) is 10.8. The van der Waals surface area contributed by atoms with Crippen molar-refractivity contribution >= 4 is 62.1 Å². The van der Waals surface area contributed by atoms with E-state index in [1.54, 1.807) is 0 Å². The molecule has 5 rings (SSSR count). The van der Waals surface area contributed by atoms with Crippen LogP contribution in [-0.2, 0) is 11.2 Å². The molecule has 2 aromatic heterocycles. The van der Waals surface area contributed by atoms with E-state index < -0.39 is 5.97 Å². The van der Waals surface area contributed by atoms with Crippen LogP contribution in [0.4, 0.5) is 17.1 Å². The number of carboxylic acid groups (broad SMARTS) is 1. The normalized spacial score (nSPS) is 10.9. The molecule has 0 saturated carbocycles. The van der Waals surface area contributed by atoms with Crippen LogP contribution in [0.1, 0.15) is 25.7 Å². The second kappa shape index (κ2) is 9.97. The molecule has 0 radical (unpaired) electrons. The van der Waals surface area contributed by atoms with Gasteiger partial charge >= 0.3 is 5.97 Å². The van der Waals surface area contributed by atoms with Crippen LogP contribution in [-0.4, -0.2) is 17.4 Å². The van der Waals surface area contributed by atoms with Gasteiger partial charge in [-0.1, -0.05) is 47.5 Å². The average Bonchev–Trinajstić information content (AvgIpc) is 3.42. The van der Waals surface area contributed by atoms with Gasteiger partial charge in [0.2, 0.25) is 0 Å². The highest BCUT2D eigenvalue weighted by Crippen LogP contribution is 2.43. The molecular weight excluding hydrogens is 488 g/mol. The van der Waals surface area contributed by atoms with Gasteiger partial charge in [0.25, 0.3) is 0 Å². The van der Waals surface area contributed by atoms with Crippen molar-refractivity contribution in [1.29, 1.82) is 0 Å². The van der Waals surface area contributed by atoms with Gasteiger partial charge in [-0.25, -0.2) is 0 Å². The summed E-state index contributed by atoms with van der Waals surface area (Å²) in [4.78, 5) is 25.2. The molecule has 0 unspecified atom stereocenters. The molecule has 0 fully saturated rings. The average molecular weight is 513 g/mol. The van der Waals surface area contributed by atoms with Crippen molar-refractivity contribution in [2.24, 2.45) is 0 Å². The molecule has 0 atom stereocenters. The van der Waals surface area contributed by atoms with E-state index in [9.17, 15) is 14.7 Å². The number of carbonyl (C=O) groups is 2. The number of rotatable bonds is 8. The highest BCUT2D eigenvalue weighted by atomic mass is 32.1. The first-order valence-electron chi connectivity index (χ1n) is 11.4. The number of aldehydes is 1. The van der Waals surface area contributed by atoms with E-state index in [4.69, 9.17) is 0 Å². The first-order chi connectivity index (χ1) is 17.4. The first kappa shape index (κ1) is 23.8. The molecule has 0 saturated heterocycles. The molecule has 5 aromatic rings. The van der Waals surface area contributed by atoms with Crippen molar-refractivity contribution in [3.05, 3.63) is 99.7 Å². The highest BCUT2D eigenvalue weighted by molar-refractivity contribution is 7.27. The molecule has 36 heavy (non-hydrogen) atoms. The van der Waals surface area contributed by atoms with Gasteiger partial charge in [-0.15, -0.1) is 22.7 Å². The third-order valence-corrected chi connectivity index (χ3v) is 8.35. The fraction of sp³-hybridized carbons (Fsp3) is 0.103. The number of nitrogens with zero attached hydrogens (tertiary/aromatic N) is 1. The lowest BCUT2D eigenvalue weighted by Crippen LogP contribution is -2.24. The van der Waals surface area contributed by atoms with E-state index in [2.05, 4.69) is 67.8 Å². The Morgan fingerprint density at radius 1 is 0.889 bits per heavy atom. The summed E-state index contributed by atoms with van der Waals surface area (Å²) in [5.74, 6) is -0.876. The Morgan fingerprint density at radius 3 is 2.06 bits per heavy atom. The molecule has 3 aromatic carbocycles. The van der Waals surface area contributed by atoms with Gasteiger partial charge < -0.3 is 5.11 Å². The summed E-state index contributed by atoms with van der Waals surface area (Å²) in [6, 6.07) is 26.7. The molecule has 180 valence electrons. The van der Waals surface area contributed by atoms with E-state index in [0.29, 0.717) is 4.88 Å². The standard InChI is InChI=1S/C29H24N2O3S2/c1-18-3-9-21(10-4-18)30-31(22-11-5-19(2)6-12-22)23-13-7-20(8-14-23)28-25-15-24(16-27(33)34)35-29(25)26(17-32)36-28/h3-15,17,30H,16H2,1-2H3,(H,33,34). The van der Waals surface area contributed by atoms with Gasteiger partial charge in [0.05, 0.1) is 33.1 Å². The van der Waals surface area contributed by atoms with E-state index in [1.807, 2.05) is 35.3 Å². The fourth-order valence-corrected chi connectivity index (χ4v) is 6.39. The molecule has 2 N–H and O–H groups in total. The smallest absolute Gasteiger partial charge is 0.308 e. The molecule has 0 aliphatic heterocycles. The predicted molar refractivity (Wildman–Crippen MR) is 150 cm³/mol. The second-order valence-electron chi connectivity index (χ2n) is 8.63. The van der Waals surface area contributed by atoms with Crippen LogP contribution in [0.15, 0.2) is 78.9 Å². The quantitative estimate of drug-likeness (QED) is 0.164. The lowest BCUT2D eigenvalue weighted by atomic mass is 10.1. The van der Waals surface area contributed by atoms with Crippen LogP contribution in [0.25, 0.3) is 20.5 Å². The maximum Gasteiger partial charge on any atom is 0.308 e. The van der Waals surface area contributed by atoms with Crippen LogP contribution < -0.4 is 10.4 Å². The SMILES string of the molecule is Cc1ccc(NN(c2ccc(C)cc2)c2ccc(-c3sc(C=O)c4sc(CC(=O)O)cc34)cc2)cc1. The molecule has 5 nitrogen and oxygen atoms in total. The number of benzene rings is 3. The minimum absolute atomic E-state index is 0.0448. The summed E-state index contributed by atoms with van der Waals surface area (Å²) in [6.07, 6.45) is 0.813. The third kappa shape index (κ3) is 4.89. The van der Waals surface area contributed by atoms with Gasteiger partial charge in [-0.05, 0) is 61.9 Å². The van der Waals surface area contributed by atoms with Crippen molar-refractivity contribution in [2.45, 2.75) is 20.3 Å². The Morgan fingerprint density at radius 2 is 1.47 bits per heavy atom. The number of aryl methyl sites for hydroxylation is 2. The van der Waals surface area contributed by atoms with Crippen LogP contribution in [0, 0.1) is 13.8 Å². The van der Waals surface area contributed by atoms with E-state index in [-0.39, 0.29) is 6.42 Å². The Hall–Kier alpha value is -3.94. The fourth-order valence-electron chi connectivity index (χ4n) is 4.02. The summed E-state index contributed by atoms with van der Waals surface area (Å²) in [5.41, 5.74) is 9.84. The summed E-state index contributed by atoms with van der Waals surface area (Å²) in [7, 11) is 0. The molecule has 0 spiro atoms. The number of aliphatic carboxylic acids is 1. The maximum atomic E-state index is 11.7. The molecule has 7 heteroatoms. The lowest BCUT2D eigenvalue weighted by molar-refractivity contribution is -0.136. The number of nitrogens with one attached hydrogen (secondary N) is 1. The lowest BCUT2D eigenvalue weighted by Gasteiger charge is -2.27. The third-order valence-electron chi connectivity index (χ3n) is 5.87. The Kier molecular flexibility index (Phi) is 6.59. The van der Waals surface area contributed by atoms with Gasteiger partial charge in [-0.2, -0.15) is 0 Å². The Labute approximate surface area is 217 Å². The maximum absolute atomic E-state index is 11.7. The summed E-state index contributed by atoms with van der Waals surface area (Å²) >= 11 is 2.82. The number of anilines is 3. The zero-order valence-corrected chi connectivity index (χ0v) is 21.5. The number of thiophene rings is 2.